The fraction of sp³-hybridized carbons (Fsp3) is 0.158. The summed E-state index contributed by atoms with van der Waals surface area (Å²) in [6.07, 6.45) is 0. The predicted molar refractivity (Wildman–Crippen MR) is 84.2 cm³/mol. The molecular weight excluding hydrogens is 300 g/mol. The first-order valence-electron chi connectivity index (χ1n) is 6.81. The van der Waals surface area contributed by atoms with E-state index in [2.05, 4.69) is 26.0 Å². The SMILES string of the molecule is CC(C)(Oc1ccccc1)[c-]1cccc1.[Fe+2].c1cc[cH-]c1. The van der Waals surface area contributed by atoms with E-state index in [-0.39, 0.29) is 22.7 Å². The molecule has 0 heterocycles. The summed E-state index contributed by atoms with van der Waals surface area (Å²) in [5.41, 5.74) is 0.927. The van der Waals surface area contributed by atoms with Gasteiger partial charge in [-0.2, -0.15) is 30.3 Å². The summed E-state index contributed by atoms with van der Waals surface area (Å²) in [5.74, 6) is 0.906. The predicted octanol–water partition coefficient (Wildman–Crippen LogP) is 5.12. The molecule has 0 atom stereocenters. The molecular formula is C19H20FeO. The van der Waals surface area contributed by atoms with Gasteiger partial charge >= 0.3 is 17.1 Å². The van der Waals surface area contributed by atoms with Gasteiger partial charge in [0.05, 0.1) is 5.60 Å². The molecule has 3 aromatic carbocycles. The number of benzene rings is 1. The average Bonchev–Trinajstić information content (AvgIpc) is 3.16. The Kier molecular flexibility index (Phi) is 7.01. The van der Waals surface area contributed by atoms with E-state index in [1.54, 1.807) is 0 Å². The van der Waals surface area contributed by atoms with Crippen LogP contribution in [-0.4, -0.2) is 0 Å². The van der Waals surface area contributed by atoms with Gasteiger partial charge in [-0.1, -0.05) is 18.2 Å². The molecule has 0 fully saturated rings. The van der Waals surface area contributed by atoms with Crippen molar-refractivity contribution >= 4 is 0 Å². The van der Waals surface area contributed by atoms with E-state index in [1.165, 1.54) is 5.56 Å². The zero-order valence-electron chi connectivity index (χ0n) is 12.3. The van der Waals surface area contributed by atoms with Crippen LogP contribution in [0.3, 0.4) is 0 Å². The number of hydrogen-bond donors (Lipinski definition) is 0. The maximum absolute atomic E-state index is 5.95. The van der Waals surface area contributed by atoms with E-state index < -0.39 is 0 Å². The first kappa shape index (κ1) is 17.3. The summed E-state index contributed by atoms with van der Waals surface area (Å²) in [7, 11) is 0. The zero-order valence-corrected chi connectivity index (χ0v) is 13.4. The quantitative estimate of drug-likeness (QED) is 0.480. The van der Waals surface area contributed by atoms with Gasteiger partial charge in [-0.3, -0.25) is 0 Å². The van der Waals surface area contributed by atoms with Crippen molar-refractivity contribution in [1.29, 1.82) is 0 Å². The third-order valence-electron chi connectivity index (χ3n) is 3.03. The molecule has 0 saturated heterocycles. The number of rotatable bonds is 3. The third kappa shape index (κ3) is 5.63. The number of para-hydroxylation sites is 1. The first-order valence-corrected chi connectivity index (χ1v) is 6.81. The monoisotopic (exact) mass is 320 g/mol. The standard InChI is InChI=1S/C14H15O.C5H5.Fe/c1-14(2,12-8-6-7-9-12)15-13-10-4-3-5-11-13;1-2-4-5-3-1;/h3-11H,1-2H3;1-5H;/q2*-1;+2. The van der Waals surface area contributed by atoms with Crippen molar-refractivity contribution in [2.45, 2.75) is 19.4 Å². The summed E-state index contributed by atoms with van der Waals surface area (Å²) in [6, 6.07) is 28.1. The molecule has 110 valence electrons. The van der Waals surface area contributed by atoms with Gasteiger partial charge in [-0.25, -0.2) is 24.3 Å². The van der Waals surface area contributed by atoms with E-state index in [0.29, 0.717) is 0 Å². The zero-order chi connectivity index (χ0) is 14.3. The van der Waals surface area contributed by atoms with Crippen LogP contribution in [0.1, 0.15) is 19.4 Å². The second-order valence-corrected chi connectivity index (χ2v) is 5.06. The molecule has 0 aromatic heterocycles. The average molecular weight is 320 g/mol. The minimum Gasteiger partial charge on any atom is -0.495 e. The van der Waals surface area contributed by atoms with Crippen LogP contribution in [-0.2, 0) is 22.7 Å². The molecule has 0 N–H and O–H groups in total. The second kappa shape index (κ2) is 8.51. The van der Waals surface area contributed by atoms with Crippen LogP contribution < -0.4 is 4.74 Å². The van der Waals surface area contributed by atoms with Gasteiger partial charge in [0.15, 0.2) is 0 Å². The van der Waals surface area contributed by atoms with Crippen molar-refractivity contribution in [3.8, 4) is 5.75 Å². The summed E-state index contributed by atoms with van der Waals surface area (Å²) in [4.78, 5) is 0. The van der Waals surface area contributed by atoms with Gasteiger partial charge in [0.1, 0.15) is 5.75 Å². The number of ether oxygens (including phenoxy) is 1. The molecule has 0 bridgehead atoms. The van der Waals surface area contributed by atoms with Crippen molar-refractivity contribution in [1.82, 2.24) is 0 Å². The smallest absolute Gasteiger partial charge is 0.495 e. The Morgan fingerprint density at radius 3 is 1.90 bits per heavy atom. The Bertz CT molecular complexity index is 548. The molecule has 0 saturated carbocycles. The van der Waals surface area contributed by atoms with Gasteiger partial charge in [0, 0.05) is 0 Å². The largest absolute Gasteiger partial charge is 2.00 e. The molecule has 3 aromatic rings. The molecule has 0 aliphatic heterocycles. The molecule has 1 nitrogen and oxygen atoms in total. The Hall–Kier alpha value is -1.76. The Morgan fingerprint density at radius 1 is 0.857 bits per heavy atom. The van der Waals surface area contributed by atoms with Crippen LogP contribution in [0.15, 0.2) is 84.9 Å². The number of hydrogen-bond acceptors (Lipinski definition) is 1. The van der Waals surface area contributed by atoms with E-state index in [4.69, 9.17) is 4.74 Å². The summed E-state index contributed by atoms with van der Waals surface area (Å²) >= 11 is 0. The first-order chi connectivity index (χ1) is 9.68. The van der Waals surface area contributed by atoms with Crippen LogP contribution in [0.2, 0.25) is 0 Å². The van der Waals surface area contributed by atoms with Gasteiger partial charge in [-0.05, 0) is 26.0 Å². The van der Waals surface area contributed by atoms with Gasteiger partial charge < -0.3 is 4.74 Å². The van der Waals surface area contributed by atoms with Crippen molar-refractivity contribution < 1.29 is 21.8 Å². The second-order valence-electron chi connectivity index (χ2n) is 5.06. The molecule has 0 amide bonds. The van der Waals surface area contributed by atoms with Gasteiger partial charge in [-0.15, -0.1) is 5.56 Å². The van der Waals surface area contributed by atoms with Crippen molar-refractivity contribution in [2.24, 2.45) is 0 Å². The summed E-state index contributed by atoms with van der Waals surface area (Å²) in [6.45, 7) is 4.16. The molecule has 0 spiro atoms. The molecule has 2 heteroatoms. The van der Waals surface area contributed by atoms with Gasteiger partial charge in [0.2, 0.25) is 0 Å². The summed E-state index contributed by atoms with van der Waals surface area (Å²) in [5, 5.41) is 0. The Morgan fingerprint density at radius 2 is 1.43 bits per heavy atom. The fourth-order valence-corrected chi connectivity index (χ4v) is 1.94. The topological polar surface area (TPSA) is 9.23 Å². The maximum atomic E-state index is 5.95. The van der Waals surface area contributed by atoms with Crippen molar-refractivity contribution in [3.63, 3.8) is 0 Å². The molecule has 0 aliphatic carbocycles. The van der Waals surface area contributed by atoms with Crippen LogP contribution in [0.4, 0.5) is 0 Å². The normalized spacial score (nSPS) is 10.0. The maximum Gasteiger partial charge on any atom is 2.00 e. The van der Waals surface area contributed by atoms with Crippen LogP contribution in [0.25, 0.3) is 0 Å². The third-order valence-corrected chi connectivity index (χ3v) is 3.03. The minimum absolute atomic E-state index is 0. The minimum atomic E-state index is -0.273. The van der Waals surface area contributed by atoms with E-state index in [1.807, 2.05) is 72.8 Å². The van der Waals surface area contributed by atoms with Crippen LogP contribution >= 0.6 is 0 Å². The van der Waals surface area contributed by atoms with E-state index in [9.17, 15) is 0 Å². The molecule has 21 heavy (non-hydrogen) atoms. The molecule has 0 radical (unpaired) electrons. The summed E-state index contributed by atoms with van der Waals surface area (Å²) < 4.78 is 5.95. The molecule has 3 rings (SSSR count). The van der Waals surface area contributed by atoms with Crippen LogP contribution in [0.5, 0.6) is 5.75 Å². The van der Waals surface area contributed by atoms with E-state index in [0.717, 1.165) is 5.75 Å². The van der Waals surface area contributed by atoms with Crippen molar-refractivity contribution in [2.75, 3.05) is 0 Å². The van der Waals surface area contributed by atoms with E-state index >= 15 is 0 Å². The van der Waals surface area contributed by atoms with Crippen molar-refractivity contribution in [3.05, 3.63) is 90.5 Å². The van der Waals surface area contributed by atoms with Crippen LogP contribution in [0, 0.1) is 0 Å². The molecule has 0 unspecified atom stereocenters. The van der Waals surface area contributed by atoms with Gasteiger partial charge in [0.25, 0.3) is 0 Å². The molecule has 0 aliphatic rings. The Balaban J connectivity index is 0.000000313. The Labute approximate surface area is 137 Å². The fourth-order valence-electron chi connectivity index (χ4n) is 1.94.